The van der Waals surface area contributed by atoms with Crippen LogP contribution in [0.3, 0.4) is 0 Å². The summed E-state index contributed by atoms with van der Waals surface area (Å²) in [6.07, 6.45) is 1.48. The summed E-state index contributed by atoms with van der Waals surface area (Å²) in [6.45, 7) is 7.72. The summed E-state index contributed by atoms with van der Waals surface area (Å²) in [5.74, 6) is -0.579. The van der Waals surface area contributed by atoms with E-state index in [1.807, 2.05) is 6.92 Å². The molecule has 1 atom stereocenters. The van der Waals surface area contributed by atoms with Crippen LogP contribution in [0.4, 0.5) is 14.5 Å². The summed E-state index contributed by atoms with van der Waals surface area (Å²) < 4.78 is 28.2. The number of anilines is 1. The molecule has 0 bridgehead atoms. The second-order valence-corrected chi connectivity index (χ2v) is 5.00. The van der Waals surface area contributed by atoms with Crippen LogP contribution < -0.4 is 10.6 Å². The number of benzene rings is 1. The van der Waals surface area contributed by atoms with E-state index in [0.29, 0.717) is 37.5 Å². The molecule has 1 aromatic rings. The smallest absolute Gasteiger partial charge is 0.149 e. The van der Waals surface area contributed by atoms with E-state index in [9.17, 15) is 8.78 Å². The van der Waals surface area contributed by atoms with Crippen LogP contribution in [-0.4, -0.2) is 19.6 Å². The average Bonchev–Trinajstić information content (AvgIpc) is 2.36. The van der Waals surface area contributed by atoms with E-state index in [4.69, 9.17) is 5.73 Å². The number of hydrogen-bond acceptors (Lipinski definition) is 2. The van der Waals surface area contributed by atoms with Gasteiger partial charge in [-0.25, -0.2) is 8.78 Å². The molecule has 108 valence electrons. The lowest BCUT2D eigenvalue weighted by molar-refractivity contribution is 0.521. The van der Waals surface area contributed by atoms with Gasteiger partial charge in [-0.1, -0.05) is 20.3 Å². The minimum Gasteiger partial charge on any atom is -0.367 e. The third-order valence-electron chi connectivity index (χ3n) is 3.44. The molecule has 0 aliphatic rings. The van der Waals surface area contributed by atoms with Crippen molar-refractivity contribution in [2.75, 3.05) is 24.5 Å². The lowest BCUT2D eigenvalue weighted by atomic mass is 10.1. The molecular weight excluding hydrogens is 246 g/mol. The molecule has 0 fully saturated rings. The van der Waals surface area contributed by atoms with Crippen LogP contribution in [0.2, 0.25) is 0 Å². The van der Waals surface area contributed by atoms with E-state index >= 15 is 0 Å². The van der Waals surface area contributed by atoms with Crippen molar-refractivity contribution < 1.29 is 8.78 Å². The molecule has 0 spiro atoms. The molecule has 0 saturated carbocycles. The monoisotopic (exact) mass is 270 g/mol. The zero-order valence-electron chi connectivity index (χ0n) is 12.0. The minimum atomic E-state index is -0.492. The topological polar surface area (TPSA) is 29.3 Å². The van der Waals surface area contributed by atoms with Crippen molar-refractivity contribution in [3.8, 4) is 0 Å². The van der Waals surface area contributed by atoms with Gasteiger partial charge in [0.1, 0.15) is 17.3 Å². The fraction of sp³-hybridized carbons (Fsp3) is 0.600. The zero-order chi connectivity index (χ0) is 14.4. The molecule has 0 radical (unpaired) electrons. The second-order valence-electron chi connectivity index (χ2n) is 5.00. The van der Waals surface area contributed by atoms with Gasteiger partial charge in [0, 0.05) is 13.1 Å². The molecule has 4 heteroatoms. The highest BCUT2D eigenvalue weighted by molar-refractivity contribution is 5.50. The van der Waals surface area contributed by atoms with Crippen LogP contribution in [0.25, 0.3) is 0 Å². The van der Waals surface area contributed by atoms with Crippen LogP contribution in [0.15, 0.2) is 12.1 Å². The van der Waals surface area contributed by atoms with Gasteiger partial charge in [0.25, 0.3) is 0 Å². The highest BCUT2D eigenvalue weighted by Gasteiger charge is 2.18. The Morgan fingerprint density at radius 3 is 2.21 bits per heavy atom. The molecule has 0 aliphatic carbocycles. The van der Waals surface area contributed by atoms with Gasteiger partial charge in [-0.05, 0) is 43.5 Å². The standard InChI is InChI=1S/C15H24F2N2/c1-4-11(3)10-19(5-2)15-13(16)8-12(6-7-18)9-14(15)17/h8-9,11H,4-7,10,18H2,1-3H3. The molecule has 0 amide bonds. The van der Waals surface area contributed by atoms with Crippen molar-refractivity contribution in [3.63, 3.8) is 0 Å². The Kier molecular flexibility index (Phi) is 6.22. The number of halogens is 2. The molecular formula is C15H24F2N2. The number of nitrogens with zero attached hydrogens (tertiary/aromatic N) is 1. The first kappa shape index (κ1) is 15.9. The Hall–Kier alpha value is -1.16. The van der Waals surface area contributed by atoms with Gasteiger partial charge < -0.3 is 10.6 Å². The quantitative estimate of drug-likeness (QED) is 0.823. The molecule has 0 heterocycles. The Morgan fingerprint density at radius 2 is 1.79 bits per heavy atom. The normalized spacial score (nSPS) is 12.5. The lowest BCUT2D eigenvalue weighted by Gasteiger charge is -2.27. The summed E-state index contributed by atoms with van der Waals surface area (Å²) >= 11 is 0. The van der Waals surface area contributed by atoms with E-state index in [1.54, 1.807) is 4.90 Å². The van der Waals surface area contributed by atoms with Gasteiger partial charge in [0.15, 0.2) is 0 Å². The third-order valence-corrected chi connectivity index (χ3v) is 3.44. The van der Waals surface area contributed by atoms with E-state index in [0.717, 1.165) is 6.42 Å². The maximum absolute atomic E-state index is 14.1. The Bertz CT molecular complexity index is 384. The summed E-state index contributed by atoms with van der Waals surface area (Å²) in [7, 11) is 0. The van der Waals surface area contributed by atoms with Crippen molar-refractivity contribution in [1.29, 1.82) is 0 Å². The van der Waals surface area contributed by atoms with Crippen LogP contribution in [0.1, 0.15) is 32.8 Å². The molecule has 0 aliphatic heterocycles. The molecule has 19 heavy (non-hydrogen) atoms. The van der Waals surface area contributed by atoms with Gasteiger partial charge in [-0.2, -0.15) is 0 Å². The highest BCUT2D eigenvalue weighted by atomic mass is 19.1. The number of hydrogen-bond donors (Lipinski definition) is 1. The minimum absolute atomic E-state index is 0.0866. The molecule has 1 aromatic carbocycles. The molecule has 0 saturated heterocycles. The van der Waals surface area contributed by atoms with E-state index in [1.165, 1.54) is 12.1 Å². The van der Waals surface area contributed by atoms with Crippen LogP contribution in [-0.2, 0) is 6.42 Å². The largest absolute Gasteiger partial charge is 0.367 e. The second kappa shape index (κ2) is 7.43. The van der Waals surface area contributed by atoms with Crippen molar-refractivity contribution in [1.82, 2.24) is 0 Å². The average molecular weight is 270 g/mol. The van der Waals surface area contributed by atoms with Crippen molar-refractivity contribution >= 4 is 5.69 Å². The maximum Gasteiger partial charge on any atom is 0.149 e. The molecule has 1 rings (SSSR count). The summed E-state index contributed by atoms with van der Waals surface area (Å²) in [6, 6.07) is 2.79. The summed E-state index contributed by atoms with van der Waals surface area (Å²) in [5.41, 5.74) is 6.11. The Morgan fingerprint density at radius 1 is 1.21 bits per heavy atom. The van der Waals surface area contributed by atoms with E-state index in [2.05, 4.69) is 13.8 Å². The van der Waals surface area contributed by atoms with Crippen molar-refractivity contribution in [3.05, 3.63) is 29.3 Å². The third kappa shape index (κ3) is 4.16. The molecule has 2 N–H and O–H groups in total. The van der Waals surface area contributed by atoms with Gasteiger partial charge in [0.05, 0.1) is 0 Å². The molecule has 1 unspecified atom stereocenters. The van der Waals surface area contributed by atoms with Gasteiger partial charge >= 0.3 is 0 Å². The van der Waals surface area contributed by atoms with Gasteiger partial charge in [0.2, 0.25) is 0 Å². The zero-order valence-corrected chi connectivity index (χ0v) is 12.0. The van der Waals surface area contributed by atoms with Crippen molar-refractivity contribution in [2.45, 2.75) is 33.6 Å². The Balaban J connectivity index is 3.03. The fourth-order valence-electron chi connectivity index (χ4n) is 2.11. The van der Waals surface area contributed by atoms with Crippen LogP contribution in [0, 0.1) is 17.6 Å². The summed E-state index contributed by atoms with van der Waals surface area (Å²) in [4.78, 5) is 1.77. The van der Waals surface area contributed by atoms with E-state index in [-0.39, 0.29) is 5.69 Å². The first-order chi connectivity index (χ1) is 9.03. The van der Waals surface area contributed by atoms with Crippen LogP contribution >= 0.6 is 0 Å². The van der Waals surface area contributed by atoms with E-state index < -0.39 is 11.6 Å². The predicted molar refractivity (Wildman–Crippen MR) is 76.5 cm³/mol. The fourth-order valence-corrected chi connectivity index (χ4v) is 2.11. The summed E-state index contributed by atoms with van der Waals surface area (Å²) in [5, 5.41) is 0. The maximum atomic E-state index is 14.1. The SMILES string of the molecule is CCC(C)CN(CC)c1c(F)cc(CCN)cc1F. The molecule has 2 nitrogen and oxygen atoms in total. The van der Waals surface area contributed by atoms with Gasteiger partial charge in [-0.3, -0.25) is 0 Å². The number of nitrogens with two attached hydrogens (primary N) is 1. The predicted octanol–water partition coefficient (Wildman–Crippen LogP) is 3.34. The van der Waals surface area contributed by atoms with Gasteiger partial charge in [-0.15, -0.1) is 0 Å². The lowest BCUT2D eigenvalue weighted by Crippen LogP contribution is -2.30. The first-order valence-corrected chi connectivity index (χ1v) is 6.96. The first-order valence-electron chi connectivity index (χ1n) is 6.96. The Labute approximate surface area is 114 Å². The molecule has 0 aromatic heterocycles. The number of rotatable bonds is 7. The van der Waals surface area contributed by atoms with Crippen molar-refractivity contribution in [2.24, 2.45) is 11.7 Å². The highest BCUT2D eigenvalue weighted by Crippen LogP contribution is 2.26. The van der Waals surface area contributed by atoms with Crippen LogP contribution in [0.5, 0.6) is 0 Å².